The molecule has 0 saturated carbocycles. The first kappa shape index (κ1) is 7.72. The molecule has 2 aromatic heterocycles. The van der Waals surface area contributed by atoms with Gasteiger partial charge in [-0.1, -0.05) is 0 Å². The van der Waals surface area contributed by atoms with Crippen molar-refractivity contribution in [2.75, 3.05) is 0 Å². The molecule has 0 aliphatic carbocycles. The first-order valence-electron chi connectivity index (χ1n) is 3.82. The molecule has 0 spiro atoms. The summed E-state index contributed by atoms with van der Waals surface area (Å²) in [5.74, 6) is 0.719. The lowest BCUT2D eigenvalue weighted by atomic mass is 10.5. The lowest BCUT2D eigenvalue weighted by Gasteiger charge is -1.81. The number of aryl methyl sites for hydroxylation is 1. The van der Waals surface area contributed by atoms with Gasteiger partial charge in [0.15, 0.2) is 0 Å². The van der Waals surface area contributed by atoms with E-state index in [1.807, 2.05) is 19.2 Å². The summed E-state index contributed by atoms with van der Waals surface area (Å²) in [6, 6.07) is 3.65. The number of hydrogen-bond donors (Lipinski definition) is 0. The molecule has 5 heteroatoms. The normalized spacial score (nSPS) is 11.2. The van der Waals surface area contributed by atoms with Crippen molar-refractivity contribution in [1.29, 1.82) is 0 Å². The summed E-state index contributed by atoms with van der Waals surface area (Å²) in [4.78, 5) is 0. The van der Waals surface area contributed by atoms with Crippen molar-refractivity contribution in [2.45, 2.75) is 0 Å². The molecule has 0 N–H and O–H groups in total. The van der Waals surface area contributed by atoms with Crippen molar-refractivity contribution >= 4 is 6.21 Å². The van der Waals surface area contributed by atoms with Crippen LogP contribution in [0, 0.1) is 0 Å². The van der Waals surface area contributed by atoms with Crippen LogP contribution in [0.4, 0.5) is 0 Å². The lowest BCUT2D eigenvalue weighted by molar-refractivity contribution is -0.679. The summed E-state index contributed by atoms with van der Waals surface area (Å²) in [6.07, 6.45) is 6.59. The summed E-state index contributed by atoms with van der Waals surface area (Å²) in [5.41, 5.74) is 0. The van der Waals surface area contributed by atoms with E-state index < -0.39 is 0 Å². The molecule has 2 aromatic rings. The molecule has 0 aliphatic rings. The van der Waals surface area contributed by atoms with Crippen LogP contribution in [0.2, 0.25) is 0 Å². The fraction of sp³-hybridized carbons (Fsp3) is 0.125. The highest BCUT2D eigenvalue weighted by Gasteiger charge is 1.97. The Balaban J connectivity index is 2.14. The molecular weight excluding hydrogens is 168 g/mol. The predicted molar refractivity (Wildman–Crippen MR) is 45.1 cm³/mol. The second-order valence-corrected chi connectivity index (χ2v) is 2.56. The van der Waals surface area contributed by atoms with Crippen LogP contribution in [0.3, 0.4) is 0 Å². The van der Waals surface area contributed by atoms with Crippen LogP contribution in [0.1, 0.15) is 5.76 Å². The molecule has 0 radical (unpaired) electrons. The Labute approximate surface area is 74.9 Å². The molecule has 0 saturated heterocycles. The third-order valence-corrected chi connectivity index (χ3v) is 1.50. The summed E-state index contributed by atoms with van der Waals surface area (Å²) in [7, 11) is 1.83. The molecule has 0 atom stereocenters. The summed E-state index contributed by atoms with van der Waals surface area (Å²) >= 11 is 0. The monoisotopic (exact) mass is 177 g/mol. The van der Waals surface area contributed by atoms with E-state index in [0.717, 1.165) is 5.76 Å². The number of nitrogens with zero attached hydrogens (tertiary/aromatic N) is 4. The minimum Gasteiger partial charge on any atom is -0.463 e. The molecule has 0 aromatic carbocycles. The summed E-state index contributed by atoms with van der Waals surface area (Å²) < 4.78 is 8.34. The zero-order valence-corrected chi connectivity index (χ0v) is 7.16. The third kappa shape index (κ3) is 1.81. The molecule has 5 nitrogen and oxygen atoms in total. The minimum absolute atomic E-state index is 0.719. The van der Waals surface area contributed by atoms with E-state index >= 15 is 0 Å². The highest BCUT2D eigenvalue weighted by molar-refractivity contribution is 5.74. The standard InChI is InChI=1S/C8H9N4O/c1-11-7-12(6-10-11)9-5-8-3-2-4-13-8/h2-7H,1H3/q+1/b9-5+. The van der Waals surface area contributed by atoms with Crippen molar-refractivity contribution in [3.05, 3.63) is 36.8 Å². The van der Waals surface area contributed by atoms with Crippen LogP contribution in [0.25, 0.3) is 0 Å². The van der Waals surface area contributed by atoms with Crippen LogP contribution >= 0.6 is 0 Å². The van der Waals surface area contributed by atoms with Gasteiger partial charge in [0.05, 0.1) is 13.3 Å². The largest absolute Gasteiger partial charge is 0.463 e. The van der Waals surface area contributed by atoms with Crippen LogP contribution in [0.15, 0.2) is 40.6 Å². The fourth-order valence-corrected chi connectivity index (χ4v) is 0.913. The van der Waals surface area contributed by atoms with E-state index in [1.165, 1.54) is 0 Å². The zero-order chi connectivity index (χ0) is 9.10. The van der Waals surface area contributed by atoms with Gasteiger partial charge < -0.3 is 4.42 Å². The van der Waals surface area contributed by atoms with Gasteiger partial charge in [0.1, 0.15) is 12.0 Å². The third-order valence-electron chi connectivity index (χ3n) is 1.50. The van der Waals surface area contributed by atoms with Crippen molar-refractivity contribution in [1.82, 2.24) is 9.78 Å². The van der Waals surface area contributed by atoms with Crippen LogP contribution in [-0.2, 0) is 7.05 Å². The summed E-state index contributed by atoms with van der Waals surface area (Å²) in [6.45, 7) is 0. The molecule has 2 heterocycles. The number of rotatable bonds is 2. The Morgan fingerprint density at radius 2 is 2.62 bits per heavy atom. The molecule has 0 aliphatic heterocycles. The first-order chi connectivity index (χ1) is 6.34. The van der Waals surface area contributed by atoms with Gasteiger partial charge in [-0.2, -0.15) is 0 Å². The van der Waals surface area contributed by atoms with E-state index in [2.05, 4.69) is 10.2 Å². The minimum atomic E-state index is 0.719. The van der Waals surface area contributed by atoms with E-state index in [-0.39, 0.29) is 0 Å². The van der Waals surface area contributed by atoms with Gasteiger partial charge in [0.25, 0.3) is 6.33 Å². The van der Waals surface area contributed by atoms with Gasteiger partial charge in [0.2, 0.25) is 6.33 Å². The second kappa shape index (κ2) is 3.22. The maximum Gasteiger partial charge on any atom is 0.288 e. The second-order valence-electron chi connectivity index (χ2n) is 2.56. The van der Waals surface area contributed by atoms with Gasteiger partial charge in [-0.25, -0.2) is 0 Å². The molecular formula is C8H9N4O+. The highest BCUT2D eigenvalue weighted by atomic mass is 16.3. The van der Waals surface area contributed by atoms with Gasteiger partial charge in [-0.3, -0.25) is 0 Å². The lowest BCUT2D eigenvalue weighted by Crippen LogP contribution is -2.23. The van der Waals surface area contributed by atoms with Crippen LogP contribution in [0.5, 0.6) is 0 Å². The summed E-state index contributed by atoms with van der Waals surface area (Å²) in [5, 5.41) is 8.04. The van der Waals surface area contributed by atoms with E-state index in [9.17, 15) is 0 Å². The first-order valence-corrected chi connectivity index (χ1v) is 3.82. The van der Waals surface area contributed by atoms with Gasteiger partial charge in [0, 0.05) is 5.10 Å². The molecule has 13 heavy (non-hydrogen) atoms. The average molecular weight is 177 g/mol. The maximum absolute atomic E-state index is 5.07. The molecule has 0 amide bonds. The SMILES string of the molecule is Cn1c[n+](/N=C/c2ccco2)cn1. The Hall–Kier alpha value is -1.91. The molecule has 0 bridgehead atoms. The fourth-order valence-electron chi connectivity index (χ4n) is 0.913. The molecule has 2 rings (SSSR count). The van der Waals surface area contributed by atoms with E-state index in [4.69, 9.17) is 4.42 Å². The van der Waals surface area contributed by atoms with Gasteiger partial charge in [-0.05, 0) is 12.1 Å². The highest BCUT2D eigenvalue weighted by Crippen LogP contribution is 1.94. The Kier molecular flexibility index (Phi) is 1.91. The van der Waals surface area contributed by atoms with Crippen molar-refractivity contribution in [3.63, 3.8) is 0 Å². The zero-order valence-electron chi connectivity index (χ0n) is 7.16. The predicted octanol–water partition coefficient (Wildman–Crippen LogP) is 0.183. The van der Waals surface area contributed by atoms with Gasteiger partial charge in [-0.15, -0.1) is 14.5 Å². The smallest absolute Gasteiger partial charge is 0.288 e. The Morgan fingerprint density at radius 3 is 3.23 bits per heavy atom. The number of hydrogen-bond acceptors (Lipinski definition) is 3. The van der Waals surface area contributed by atoms with Crippen LogP contribution < -0.4 is 4.68 Å². The quantitative estimate of drug-likeness (QED) is 0.485. The average Bonchev–Trinajstić information content (AvgIpc) is 2.71. The van der Waals surface area contributed by atoms with Crippen molar-refractivity contribution in [2.24, 2.45) is 12.1 Å². The Bertz CT molecular complexity index is 401. The number of aromatic nitrogens is 3. The van der Waals surface area contributed by atoms with E-state index in [1.54, 1.807) is 34.5 Å². The van der Waals surface area contributed by atoms with E-state index in [0.29, 0.717) is 0 Å². The maximum atomic E-state index is 5.07. The molecule has 0 fully saturated rings. The van der Waals surface area contributed by atoms with Gasteiger partial charge >= 0.3 is 0 Å². The molecule has 0 unspecified atom stereocenters. The topological polar surface area (TPSA) is 47.2 Å². The van der Waals surface area contributed by atoms with Crippen LogP contribution in [-0.4, -0.2) is 16.0 Å². The van der Waals surface area contributed by atoms with Crippen molar-refractivity contribution < 1.29 is 9.09 Å². The molecule has 66 valence electrons. The van der Waals surface area contributed by atoms with Crippen molar-refractivity contribution in [3.8, 4) is 0 Å². The Morgan fingerprint density at radius 1 is 1.69 bits per heavy atom. The number of furan rings is 1.